The third-order valence-electron chi connectivity index (χ3n) is 2.90. The van der Waals surface area contributed by atoms with Crippen LogP contribution in [0.25, 0.3) is 0 Å². The molecular formula is C12H25ClN2O3. The highest BCUT2D eigenvalue weighted by Gasteiger charge is 2.32. The Kier molecular flexibility index (Phi) is 6.96. The highest BCUT2D eigenvalue weighted by atomic mass is 35.5. The number of hydrogen-bond donors (Lipinski definition) is 2. The molecule has 1 rings (SSSR count). The second-order valence-electron chi connectivity index (χ2n) is 5.49. The van der Waals surface area contributed by atoms with E-state index in [1.807, 2.05) is 20.8 Å². The molecule has 1 heterocycles. The van der Waals surface area contributed by atoms with Crippen molar-refractivity contribution in [3.05, 3.63) is 0 Å². The van der Waals surface area contributed by atoms with Crippen LogP contribution < -0.4 is 10.6 Å². The third kappa shape index (κ3) is 5.89. The monoisotopic (exact) mass is 280 g/mol. The maximum absolute atomic E-state index is 11.6. The molecular weight excluding hydrogens is 256 g/mol. The fourth-order valence-electron chi connectivity index (χ4n) is 1.88. The van der Waals surface area contributed by atoms with Crippen molar-refractivity contribution >= 4 is 18.5 Å². The molecule has 5 nitrogen and oxygen atoms in total. The highest BCUT2D eigenvalue weighted by molar-refractivity contribution is 5.85. The molecule has 1 fully saturated rings. The van der Waals surface area contributed by atoms with Gasteiger partial charge in [-0.15, -0.1) is 12.4 Å². The summed E-state index contributed by atoms with van der Waals surface area (Å²) in [5.41, 5.74) is -0.708. The van der Waals surface area contributed by atoms with Gasteiger partial charge in [-0.2, -0.15) is 0 Å². The van der Waals surface area contributed by atoms with Crippen LogP contribution in [0.4, 0.5) is 4.79 Å². The first-order chi connectivity index (χ1) is 7.87. The van der Waals surface area contributed by atoms with Crippen molar-refractivity contribution in [1.82, 2.24) is 10.6 Å². The smallest absolute Gasteiger partial charge is 0.407 e. The normalized spacial score (nSPS) is 18.7. The zero-order valence-corrected chi connectivity index (χ0v) is 12.5. The molecule has 1 aliphatic rings. The van der Waals surface area contributed by atoms with E-state index in [1.165, 1.54) is 0 Å². The standard InChI is InChI=1S/C12H24N2O3.ClH/c1-11(2,3)17-10(15)14-9-12(16-4)5-7-13-8-6-12;/h13H,5-9H2,1-4H3,(H,14,15);1H. The Bertz CT molecular complexity index is 261. The van der Waals surface area contributed by atoms with Gasteiger partial charge in [-0.1, -0.05) is 0 Å². The van der Waals surface area contributed by atoms with Gasteiger partial charge in [0.2, 0.25) is 0 Å². The Labute approximate surface area is 115 Å². The maximum Gasteiger partial charge on any atom is 0.407 e. The fraction of sp³-hybridized carbons (Fsp3) is 0.917. The molecule has 18 heavy (non-hydrogen) atoms. The van der Waals surface area contributed by atoms with E-state index >= 15 is 0 Å². The molecule has 0 aromatic carbocycles. The number of carbonyl (C=O) groups is 1. The number of nitrogens with one attached hydrogen (secondary N) is 2. The van der Waals surface area contributed by atoms with E-state index in [-0.39, 0.29) is 24.1 Å². The predicted octanol–water partition coefficient (Wildman–Crippen LogP) is 1.70. The molecule has 0 bridgehead atoms. The summed E-state index contributed by atoms with van der Waals surface area (Å²) in [5, 5.41) is 6.06. The van der Waals surface area contributed by atoms with Crippen LogP contribution in [0.15, 0.2) is 0 Å². The molecule has 0 aromatic heterocycles. The van der Waals surface area contributed by atoms with Crippen LogP contribution in [0.2, 0.25) is 0 Å². The van der Waals surface area contributed by atoms with E-state index in [1.54, 1.807) is 7.11 Å². The first-order valence-electron chi connectivity index (χ1n) is 6.10. The van der Waals surface area contributed by atoms with Gasteiger partial charge in [0.25, 0.3) is 0 Å². The number of halogens is 1. The number of alkyl carbamates (subject to hydrolysis) is 1. The van der Waals surface area contributed by atoms with Gasteiger partial charge < -0.3 is 20.1 Å². The molecule has 0 spiro atoms. The SMILES string of the molecule is COC1(CNC(=O)OC(C)(C)C)CCNCC1.Cl. The first-order valence-corrected chi connectivity index (χ1v) is 6.10. The van der Waals surface area contributed by atoms with Crippen LogP contribution in [-0.4, -0.2) is 44.0 Å². The van der Waals surface area contributed by atoms with E-state index in [0.717, 1.165) is 25.9 Å². The largest absolute Gasteiger partial charge is 0.444 e. The number of ether oxygens (including phenoxy) is 2. The molecule has 0 atom stereocenters. The fourth-order valence-corrected chi connectivity index (χ4v) is 1.88. The summed E-state index contributed by atoms with van der Waals surface area (Å²) in [4.78, 5) is 11.6. The molecule has 1 amide bonds. The van der Waals surface area contributed by atoms with Gasteiger partial charge in [-0.05, 0) is 46.7 Å². The minimum atomic E-state index is -0.460. The summed E-state index contributed by atoms with van der Waals surface area (Å²) in [6.07, 6.45) is 1.42. The molecule has 6 heteroatoms. The average Bonchev–Trinajstić information content (AvgIpc) is 2.25. The van der Waals surface area contributed by atoms with E-state index in [0.29, 0.717) is 6.54 Å². The van der Waals surface area contributed by atoms with Crippen LogP contribution in [0, 0.1) is 0 Å². The van der Waals surface area contributed by atoms with Gasteiger partial charge in [0, 0.05) is 13.7 Å². The molecule has 0 aromatic rings. The summed E-state index contributed by atoms with van der Waals surface area (Å²) < 4.78 is 10.7. The minimum Gasteiger partial charge on any atom is -0.444 e. The number of piperidine rings is 1. The lowest BCUT2D eigenvalue weighted by Crippen LogP contribution is -2.51. The van der Waals surface area contributed by atoms with E-state index in [9.17, 15) is 4.79 Å². The quantitative estimate of drug-likeness (QED) is 0.826. The predicted molar refractivity (Wildman–Crippen MR) is 73.3 cm³/mol. The highest BCUT2D eigenvalue weighted by Crippen LogP contribution is 2.21. The summed E-state index contributed by atoms with van der Waals surface area (Å²) in [7, 11) is 1.70. The Morgan fingerprint density at radius 1 is 1.33 bits per heavy atom. The summed E-state index contributed by atoms with van der Waals surface area (Å²) in [6, 6.07) is 0. The first kappa shape index (κ1) is 17.5. The average molecular weight is 281 g/mol. The van der Waals surface area contributed by atoms with E-state index in [2.05, 4.69) is 10.6 Å². The summed E-state index contributed by atoms with van der Waals surface area (Å²) in [5.74, 6) is 0. The van der Waals surface area contributed by atoms with Crippen LogP contribution in [0.5, 0.6) is 0 Å². The third-order valence-corrected chi connectivity index (χ3v) is 2.90. The summed E-state index contributed by atoms with van der Waals surface area (Å²) in [6.45, 7) is 7.89. The Morgan fingerprint density at radius 3 is 2.33 bits per heavy atom. The number of rotatable bonds is 3. The van der Waals surface area contributed by atoms with Crippen molar-refractivity contribution in [3.8, 4) is 0 Å². The van der Waals surface area contributed by atoms with Crippen molar-refractivity contribution in [3.63, 3.8) is 0 Å². The van der Waals surface area contributed by atoms with E-state index < -0.39 is 5.60 Å². The molecule has 108 valence electrons. The molecule has 1 aliphatic heterocycles. The Balaban J connectivity index is 0.00000289. The molecule has 0 saturated carbocycles. The van der Waals surface area contributed by atoms with Crippen molar-refractivity contribution in [2.75, 3.05) is 26.7 Å². The molecule has 2 N–H and O–H groups in total. The van der Waals surface area contributed by atoms with Crippen molar-refractivity contribution < 1.29 is 14.3 Å². The minimum absolute atomic E-state index is 0. The molecule has 1 saturated heterocycles. The van der Waals surface area contributed by atoms with Crippen LogP contribution in [-0.2, 0) is 9.47 Å². The van der Waals surface area contributed by atoms with Gasteiger partial charge in [0.1, 0.15) is 5.60 Å². The van der Waals surface area contributed by atoms with Gasteiger partial charge in [0.05, 0.1) is 5.60 Å². The Morgan fingerprint density at radius 2 is 1.89 bits per heavy atom. The molecule has 0 unspecified atom stereocenters. The Hall–Kier alpha value is -0.520. The van der Waals surface area contributed by atoms with Crippen molar-refractivity contribution in [2.45, 2.75) is 44.8 Å². The van der Waals surface area contributed by atoms with Crippen LogP contribution in [0.3, 0.4) is 0 Å². The van der Waals surface area contributed by atoms with Crippen molar-refractivity contribution in [1.29, 1.82) is 0 Å². The lowest BCUT2D eigenvalue weighted by molar-refractivity contribution is -0.0345. The zero-order valence-electron chi connectivity index (χ0n) is 11.7. The van der Waals surface area contributed by atoms with Crippen LogP contribution in [0.1, 0.15) is 33.6 Å². The molecule has 0 radical (unpaired) electrons. The van der Waals surface area contributed by atoms with Gasteiger partial charge in [0.15, 0.2) is 0 Å². The second-order valence-corrected chi connectivity index (χ2v) is 5.49. The lowest BCUT2D eigenvalue weighted by atomic mass is 9.92. The van der Waals surface area contributed by atoms with Gasteiger partial charge in [-0.3, -0.25) is 0 Å². The molecule has 0 aliphatic carbocycles. The topological polar surface area (TPSA) is 59.6 Å². The number of carbonyl (C=O) groups excluding carboxylic acids is 1. The number of hydrogen-bond acceptors (Lipinski definition) is 4. The lowest BCUT2D eigenvalue weighted by Gasteiger charge is -2.36. The van der Waals surface area contributed by atoms with Crippen molar-refractivity contribution in [2.24, 2.45) is 0 Å². The number of amides is 1. The van der Waals surface area contributed by atoms with Crippen LogP contribution >= 0.6 is 12.4 Å². The number of methoxy groups -OCH3 is 1. The zero-order chi connectivity index (χ0) is 12.9. The summed E-state index contributed by atoms with van der Waals surface area (Å²) >= 11 is 0. The second kappa shape index (κ2) is 7.16. The van der Waals surface area contributed by atoms with Gasteiger partial charge >= 0.3 is 6.09 Å². The maximum atomic E-state index is 11.6. The van der Waals surface area contributed by atoms with E-state index in [4.69, 9.17) is 9.47 Å². The van der Waals surface area contributed by atoms with Gasteiger partial charge in [-0.25, -0.2) is 4.79 Å².